The lowest BCUT2D eigenvalue weighted by molar-refractivity contribution is -0.129. The average molecular weight is 213 g/mol. The maximum absolute atomic E-state index is 11.6. The summed E-state index contributed by atoms with van der Waals surface area (Å²) in [7, 11) is 0. The molecule has 1 aliphatic rings. The van der Waals surface area contributed by atoms with Crippen molar-refractivity contribution < 1.29 is 9.90 Å². The number of hydrogen-bond donors (Lipinski definition) is 1. The van der Waals surface area contributed by atoms with Crippen LogP contribution in [0.1, 0.15) is 40.0 Å². The molecule has 88 valence electrons. The molecule has 1 N–H and O–H groups in total. The molecule has 0 spiro atoms. The van der Waals surface area contributed by atoms with Gasteiger partial charge in [-0.2, -0.15) is 0 Å². The molecule has 1 fully saturated rings. The number of nitrogens with zero attached hydrogens (tertiary/aromatic N) is 1. The first-order valence-electron chi connectivity index (χ1n) is 6.04. The van der Waals surface area contributed by atoms with Crippen LogP contribution in [0.3, 0.4) is 0 Å². The van der Waals surface area contributed by atoms with Gasteiger partial charge in [-0.3, -0.25) is 4.79 Å². The fourth-order valence-electron chi connectivity index (χ4n) is 1.98. The minimum atomic E-state index is -0.366. The van der Waals surface area contributed by atoms with Gasteiger partial charge in [0.2, 0.25) is 5.91 Å². The zero-order valence-electron chi connectivity index (χ0n) is 10.1. The lowest BCUT2D eigenvalue weighted by Crippen LogP contribution is -2.36. The van der Waals surface area contributed by atoms with E-state index in [1.807, 2.05) is 11.8 Å². The summed E-state index contributed by atoms with van der Waals surface area (Å²) in [5.41, 5.74) is 0. The van der Waals surface area contributed by atoms with Gasteiger partial charge in [0.25, 0.3) is 0 Å². The van der Waals surface area contributed by atoms with Crippen molar-refractivity contribution in [3.8, 4) is 0 Å². The van der Waals surface area contributed by atoms with Crippen LogP contribution >= 0.6 is 0 Å². The Labute approximate surface area is 92.5 Å². The van der Waals surface area contributed by atoms with E-state index >= 15 is 0 Å². The van der Waals surface area contributed by atoms with Crippen molar-refractivity contribution in [2.45, 2.75) is 46.1 Å². The maximum atomic E-state index is 11.6. The van der Waals surface area contributed by atoms with Crippen LogP contribution in [0.2, 0.25) is 0 Å². The van der Waals surface area contributed by atoms with Crippen LogP contribution in [0, 0.1) is 11.8 Å². The molecular weight excluding hydrogens is 190 g/mol. The van der Waals surface area contributed by atoms with E-state index in [-0.39, 0.29) is 17.9 Å². The zero-order valence-corrected chi connectivity index (χ0v) is 10.1. The molecule has 0 radical (unpaired) electrons. The highest BCUT2D eigenvalue weighted by atomic mass is 16.3. The lowest BCUT2D eigenvalue weighted by Gasteiger charge is -2.24. The van der Waals surface area contributed by atoms with E-state index in [0.29, 0.717) is 18.9 Å². The average Bonchev–Trinajstić information content (AvgIpc) is 2.58. The summed E-state index contributed by atoms with van der Waals surface area (Å²) >= 11 is 0. The van der Waals surface area contributed by atoms with Crippen LogP contribution < -0.4 is 0 Å². The Morgan fingerprint density at radius 1 is 1.53 bits per heavy atom. The lowest BCUT2D eigenvalue weighted by atomic mass is 10.0. The molecule has 3 unspecified atom stereocenters. The molecule has 0 aromatic carbocycles. The maximum Gasteiger partial charge on any atom is 0.223 e. The van der Waals surface area contributed by atoms with Crippen molar-refractivity contribution in [2.75, 3.05) is 13.1 Å². The first kappa shape index (κ1) is 12.5. The first-order valence-corrected chi connectivity index (χ1v) is 6.04. The van der Waals surface area contributed by atoms with Gasteiger partial charge in [0.15, 0.2) is 0 Å². The quantitative estimate of drug-likeness (QED) is 0.754. The molecule has 0 aromatic rings. The van der Waals surface area contributed by atoms with E-state index in [9.17, 15) is 9.90 Å². The summed E-state index contributed by atoms with van der Waals surface area (Å²) in [5, 5.41) is 9.86. The Hall–Kier alpha value is -0.570. The number of likely N-dealkylation sites (tertiary alicyclic amines) is 1. The molecule has 1 amide bonds. The second kappa shape index (κ2) is 5.50. The topological polar surface area (TPSA) is 40.5 Å². The molecular formula is C12H23NO2. The van der Waals surface area contributed by atoms with E-state index in [1.165, 1.54) is 0 Å². The molecule has 1 rings (SSSR count). The minimum absolute atomic E-state index is 0.212. The molecule has 15 heavy (non-hydrogen) atoms. The summed E-state index contributed by atoms with van der Waals surface area (Å²) in [6.07, 6.45) is 2.32. The Morgan fingerprint density at radius 2 is 2.20 bits per heavy atom. The highest BCUT2D eigenvalue weighted by molar-refractivity contribution is 5.78. The molecule has 0 aliphatic carbocycles. The standard InChI is InChI=1S/C12H23NO2/c1-4-9(3)11(14)8-13-7-10(5-2)6-12(13)15/h9-11,14H,4-8H2,1-3H3. The fraction of sp³-hybridized carbons (Fsp3) is 0.917. The molecule has 3 heteroatoms. The second-order valence-electron chi connectivity index (χ2n) is 4.73. The number of carbonyl (C=O) groups excluding carboxylic acids is 1. The van der Waals surface area contributed by atoms with Crippen molar-refractivity contribution in [2.24, 2.45) is 11.8 Å². The van der Waals surface area contributed by atoms with Gasteiger partial charge in [-0.1, -0.05) is 33.6 Å². The van der Waals surface area contributed by atoms with Gasteiger partial charge in [0.05, 0.1) is 6.10 Å². The van der Waals surface area contributed by atoms with Crippen molar-refractivity contribution in [3.05, 3.63) is 0 Å². The predicted molar refractivity (Wildman–Crippen MR) is 60.4 cm³/mol. The van der Waals surface area contributed by atoms with Crippen LogP contribution in [0.4, 0.5) is 0 Å². The highest BCUT2D eigenvalue weighted by Crippen LogP contribution is 2.21. The monoisotopic (exact) mass is 213 g/mol. The predicted octanol–water partition coefficient (Wildman–Crippen LogP) is 1.65. The van der Waals surface area contributed by atoms with Gasteiger partial charge >= 0.3 is 0 Å². The molecule has 0 bridgehead atoms. The van der Waals surface area contributed by atoms with E-state index in [4.69, 9.17) is 0 Å². The Balaban J connectivity index is 2.42. The number of carbonyl (C=O) groups is 1. The van der Waals surface area contributed by atoms with Gasteiger partial charge in [0, 0.05) is 19.5 Å². The summed E-state index contributed by atoms with van der Waals surface area (Å²) in [6.45, 7) is 7.57. The summed E-state index contributed by atoms with van der Waals surface area (Å²) in [5.74, 6) is 0.990. The van der Waals surface area contributed by atoms with Crippen LogP contribution in [0.25, 0.3) is 0 Å². The summed E-state index contributed by atoms with van der Waals surface area (Å²) in [4.78, 5) is 13.4. The molecule has 3 nitrogen and oxygen atoms in total. The Kier molecular flexibility index (Phi) is 4.58. The third-order valence-corrected chi connectivity index (χ3v) is 3.58. The van der Waals surface area contributed by atoms with E-state index in [1.54, 1.807) is 0 Å². The Bertz CT molecular complexity index is 218. The number of β-amino-alcohol motifs (C(OH)–C–C–N with tert-alkyl or cyclic N) is 1. The normalized spacial score (nSPS) is 25.7. The largest absolute Gasteiger partial charge is 0.391 e. The number of rotatable bonds is 5. The number of amides is 1. The van der Waals surface area contributed by atoms with Crippen molar-refractivity contribution in [3.63, 3.8) is 0 Å². The van der Waals surface area contributed by atoms with Gasteiger partial charge in [-0.15, -0.1) is 0 Å². The summed E-state index contributed by atoms with van der Waals surface area (Å²) in [6, 6.07) is 0. The SMILES string of the molecule is CCC1CC(=O)N(CC(O)C(C)CC)C1. The number of hydrogen-bond acceptors (Lipinski definition) is 2. The molecule has 1 heterocycles. The van der Waals surface area contributed by atoms with Crippen molar-refractivity contribution >= 4 is 5.91 Å². The first-order chi connectivity index (χ1) is 7.08. The van der Waals surface area contributed by atoms with Crippen molar-refractivity contribution in [1.29, 1.82) is 0 Å². The van der Waals surface area contributed by atoms with E-state index in [2.05, 4.69) is 13.8 Å². The smallest absolute Gasteiger partial charge is 0.223 e. The van der Waals surface area contributed by atoms with Crippen LogP contribution in [-0.2, 0) is 4.79 Å². The van der Waals surface area contributed by atoms with Crippen LogP contribution in [0.15, 0.2) is 0 Å². The number of aliphatic hydroxyl groups is 1. The third-order valence-electron chi connectivity index (χ3n) is 3.58. The molecule has 1 aliphatic heterocycles. The van der Waals surface area contributed by atoms with Crippen LogP contribution in [-0.4, -0.2) is 35.1 Å². The fourth-order valence-corrected chi connectivity index (χ4v) is 1.98. The minimum Gasteiger partial charge on any atom is -0.391 e. The Morgan fingerprint density at radius 3 is 2.67 bits per heavy atom. The second-order valence-corrected chi connectivity index (χ2v) is 4.73. The van der Waals surface area contributed by atoms with Crippen molar-refractivity contribution in [1.82, 2.24) is 4.90 Å². The van der Waals surface area contributed by atoms with Gasteiger partial charge in [0.1, 0.15) is 0 Å². The molecule has 0 saturated carbocycles. The third kappa shape index (κ3) is 3.20. The molecule has 0 aromatic heterocycles. The summed E-state index contributed by atoms with van der Waals surface area (Å²) < 4.78 is 0. The highest BCUT2D eigenvalue weighted by Gasteiger charge is 2.30. The zero-order chi connectivity index (χ0) is 11.4. The van der Waals surface area contributed by atoms with Gasteiger partial charge in [-0.05, 0) is 11.8 Å². The van der Waals surface area contributed by atoms with Gasteiger partial charge < -0.3 is 10.0 Å². The number of aliphatic hydroxyl groups excluding tert-OH is 1. The van der Waals surface area contributed by atoms with Crippen LogP contribution in [0.5, 0.6) is 0 Å². The van der Waals surface area contributed by atoms with Gasteiger partial charge in [-0.25, -0.2) is 0 Å². The molecule has 3 atom stereocenters. The van der Waals surface area contributed by atoms with E-state index in [0.717, 1.165) is 19.4 Å². The van der Waals surface area contributed by atoms with E-state index < -0.39 is 0 Å². The molecule has 1 saturated heterocycles.